The topological polar surface area (TPSA) is 70.6 Å². The first-order chi connectivity index (χ1) is 10.6. The predicted octanol–water partition coefficient (Wildman–Crippen LogP) is 3.21. The second kappa shape index (κ2) is 8.03. The second-order valence-electron chi connectivity index (χ2n) is 5.96. The van der Waals surface area contributed by atoms with Crippen LogP contribution in [0, 0.1) is 6.92 Å². The summed E-state index contributed by atoms with van der Waals surface area (Å²) in [5.41, 5.74) is 1.70. The van der Waals surface area contributed by atoms with Crippen LogP contribution >= 0.6 is 0 Å². The van der Waals surface area contributed by atoms with Crippen LogP contribution in [-0.2, 0) is 0 Å². The third-order valence-corrected chi connectivity index (χ3v) is 4.07. The molecule has 1 fully saturated rings. The van der Waals surface area contributed by atoms with Crippen LogP contribution in [0.2, 0.25) is 0 Å². The molecule has 1 atom stereocenters. The summed E-state index contributed by atoms with van der Waals surface area (Å²) in [6, 6.07) is 5.38. The summed E-state index contributed by atoms with van der Waals surface area (Å²) in [6.07, 6.45) is 5.51. The van der Waals surface area contributed by atoms with Crippen molar-refractivity contribution >= 4 is 11.7 Å². The van der Waals surface area contributed by atoms with Crippen molar-refractivity contribution in [3.63, 3.8) is 0 Å². The third kappa shape index (κ3) is 4.63. The van der Waals surface area contributed by atoms with Crippen molar-refractivity contribution in [3.8, 4) is 5.75 Å². The Bertz CT molecular complexity index is 499. The molecule has 22 heavy (non-hydrogen) atoms. The molecule has 0 saturated heterocycles. The maximum atomic E-state index is 12.0. The van der Waals surface area contributed by atoms with Gasteiger partial charge in [-0.25, -0.2) is 4.79 Å². The average Bonchev–Trinajstić information content (AvgIpc) is 2.96. The number of aliphatic hydroxyl groups excluding tert-OH is 1. The molecule has 3 N–H and O–H groups in total. The fourth-order valence-electron chi connectivity index (χ4n) is 2.71. The van der Waals surface area contributed by atoms with Gasteiger partial charge in [0.05, 0.1) is 6.10 Å². The first-order valence-electron chi connectivity index (χ1n) is 8.04. The lowest BCUT2D eigenvalue weighted by molar-refractivity contribution is 0.209. The molecule has 1 aliphatic carbocycles. The summed E-state index contributed by atoms with van der Waals surface area (Å²) in [5, 5.41) is 14.5. The summed E-state index contributed by atoms with van der Waals surface area (Å²) in [5.74, 6) is 0.841. The highest BCUT2D eigenvalue weighted by Gasteiger charge is 2.18. The van der Waals surface area contributed by atoms with Crippen molar-refractivity contribution in [2.45, 2.75) is 58.1 Å². The number of aliphatic hydroxyl groups is 1. The molecule has 5 heteroatoms. The molecule has 1 aromatic rings. The van der Waals surface area contributed by atoms with Crippen LogP contribution in [0.25, 0.3) is 0 Å². The number of ether oxygens (including phenoxy) is 1. The van der Waals surface area contributed by atoms with Crippen LogP contribution < -0.4 is 15.4 Å². The van der Waals surface area contributed by atoms with Crippen LogP contribution in [0.15, 0.2) is 18.2 Å². The standard InChI is InChI=1S/C17H26N2O3/c1-12(10-11-20)18-17(21)19-15-8-5-9-16(13(15)2)22-14-6-3-4-7-14/h5,8-9,12,14,20H,3-4,6-7,10-11H2,1-2H3,(H2,18,19,21)/t12-/m0/s1. The highest BCUT2D eigenvalue weighted by molar-refractivity contribution is 5.90. The average molecular weight is 306 g/mol. The van der Waals surface area contributed by atoms with E-state index in [1.54, 1.807) is 0 Å². The molecule has 0 heterocycles. The molecule has 0 unspecified atom stereocenters. The Morgan fingerprint density at radius 3 is 2.82 bits per heavy atom. The highest BCUT2D eigenvalue weighted by atomic mass is 16.5. The Morgan fingerprint density at radius 2 is 2.14 bits per heavy atom. The summed E-state index contributed by atoms with van der Waals surface area (Å²) in [6.45, 7) is 3.88. The monoisotopic (exact) mass is 306 g/mol. The van der Waals surface area contributed by atoms with Gasteiger partial charge in [0.15, 0.2) is 0 Å². The van der Waals surface area contributed by atoms with E-state index in [4.69, 9.17) is 9.84 Å². The van der Waals surface area contributed by atoms with Gasteiger partial charge in [-0.05, 0) is 58.1 Å². The minimum Gasteiger partial charge on any atom is -0.490 e. The minimum atomic E-state index is -0.262. The van der Waals surface area contributed by atoms with Crippen LogP contribution in [0.5, 0.6) is 5.75 Å². The number of urea groups is 1. The predicted molar refractivity (Wildman–Crippen MR) is 87.4 cm³/mol. The zero-order valence-electron chi connectivity index (χ0n) is 13.4. The van der Waals surface area contributed by atoms with Gasteiger partial charge in [-0.15, -0.1) is 0 Å². The molecule has 0 radical (unpaired) electrons. The molecule has 0 aromatic heterocycles. The van der Waals surface area contributed by atoms with Crippen molar-refractivity contribution in [1.82, 2.24) is 5.32 Å². The lowest BCUT2D eigenvalue weighted by atomic mass is 10.1. The first-order valence-corrected chi connectivity index (χ1v) is 8.04. The van der Waals surface area contributed by atoms with E-state index < -0.39 is 0 Å². The minimum absolute atomic E-state index is 0.0607. The molecule has 5 nitrogen and oxygen atoms in total. The number of carbonyl (C=O) groups excluding carboxylic acids is 1. The normalized spacial score (nSPS) is 16.3. The number of benzene rings is 1. The number of hydrogen-bond donors (Lipinski definition) is 3. The first kappa shape index (κ1) is 16.6. The molecule has 0 aliphatic heterocycles. The Hall–Kier alpha value is -1.75. The van der Waals surface area contributed by atoms with E-state index in [2.05, 4.69) is 10.6 Å². The third-order valence-electron chi connectivity index (χ3n) is 4.07. The maximum absolute atomic E-state index is 12.0. The Kier molecular flexibility index (Phi) is 6.07. The number of rotatable bonds is 6. The largest absolute Gasteiger partial charge is 0.490 e. The molecule has 2 amide bonds. The molecular weight excluding hydrogens is 280 g/mol. The Morgan fingerprint density at radius 1 is 1.41 bits per heavy atom. The van der Waals surface area contributed by atoms with Gasteiger partial charge >= 0.3 is 6.03 Å². The van der Waals surface area contributed by atoms with Gasteiger partial charge < -0.3 is 20.5 Å². The zero-order chi connectivity index (χ0) is 15.9. The number of anilines is 1. The number of amides is 2. The summed E-state index contributed by atoms with van der Waals surface area (Å²) in [4.78, 5) is 12.0. The van der Waals surface area contributed by atoms with E-state index in [9.17, 15) is 4.79 Å². The van der Waals surface area contributed by atoms with Crippen molar-refractivity contribution in [1.29, 1.82) is 0 Å². The van der Waals surface area contributed by atoms with Crippen molar-refractivity contribution in [3.05, 3.63) is 23.8 Å². The summed E-state index contributed by atoms with van der Waals surface area (Å²) < 4.78 is 6.04. The van der Waals surface area contributed by atoms with Crippen molar-refractivity contribution < 1.29 is 14.6 Å². The maximum Gasteiger partial charge on any atom is 0.319 e. The van der Waals surface area contributed by atoms with Crippen molar-refractivity contribution in [2.75, 3.05) is 11.9 Å². The number of hydrogen-bond acceptors (Lipinski definition) is 3. The molecular formula is C17H26N2O3. The lowest BCUT2D eigenvalue weighted by Gasteiger charge is -2.18. The van der Waals surface area contributed by atoms with Crippen LogP contribution in [0.4, 0.5) is 10.5 Å². The smallest absolute Gasteiger partial charge is 0.319 e. The van der Waals surface area contributed by atoms with E-state index >= 15 is 0 Å². The Balaban J connectivity index is 1.97. The fraction of sp³-hybridized carbons (Fsp3) is 0.588. The molecule has 0 spiro atoms. The van der Waals surface area contributed by atoms with Gasteiger partial charge in [-0.1, -0.05) is 6.07 Å². The van der Waals surface area contributed by atoms with E-state index in [-0.39, 0.29) is 18.7 Å². The summed E-state index contributed by atoms with van der Waals surface area (Å²) in [7, 11) is 0. The molecule has 1 aromatic carbocycles. The number of nitrogens with one attached hydrogen (secondary N) is 2. The van der Waals surface area contributed by atoms with Crippen LogP contribution in [0.3, 0.4) is 0 Å². The zero-order valence-corrected chi connectivity index (χ0v) is 13.4. The van der Waals surface area contributed by atoms with Gasteiger partial charge in [-0.2, -0.15) is 0 Å². The quantitative estimate of drug-likeness (QED) is 0.756. The second-order valence-corrected chi connectivity index (χ2v) is 5.96. The summed E-state index contributed by atoms with van der Waals surface area (Å²) >= 11 is 0. The SMILES string of the molecule is Cc1c(NC(=O)N[C@@H](C)CCO)cccc1OC1CCCC1. The van der Waals surface area contributed by atoms with Gasteiger partial charge in [0.1, 0.15) is 5.75 Å². The van der Waals surface area contributed by atoms with Gasteiger partial charge in [0.25, 0.3) is 0 Å². The highest BCUT2D eigenvalue weighted by Crippen LogP contribution is 2.30. The molecule has 2 rings (SSSR count). The Labute approximate surface area is 132 Å². The van der Waals surface area contributed by atoms with E-state index in [0.29, 0.717) is 12.5 Å². The van der Waals surface area contributed by atoms with Gasteiger partial charge in [-0.3, -0.25) is 0 Å². The van der Waals surface area contributed by atoms with E-state index in [0.717, 1.165) is 29.8 Å². The molecule has 122 valence electrons. The molecule has 0 bridgehead atoms. The van der Waals surface area contributed by atoms with E-state index in [1.165, 1.54) is 12.8 Å². The van der Waals surface area contributed by atoms with Gasteiger partial charge in [0.2, 0.25) is 0 Å². The van der Waals surface area contributed by atoms with Gasteiger partial charge in [0, 0.05) is 23.9 Å². The van der Waals surface area contributed by atoms with Crippen molar-refractivity contribution in [2.24, 2.45) is 0 Å². The van der Waals surface area contributed by atoms with Crippen LogP contribution in [0.1, 0.15) is 44.6 Å². The lowest BCUT2D eigenvalue weighted by Crippen LogP contribution is -2.36. The molecule has 1 saturated carbocycles. The molecule has 1 aliphatic rings. The van der Waals surface area contributed by atoms with E-state index in [1.807, 2.05) is 32.0 Å². The fourth-order valence-corrected chi connectivity index (χ4v) is 2.71. The number of carbonyl (C=O) groups is 1. The van der Waals surface area contributed by atoms with Crippen LogP contribution in [-0.4, -0.2) is 29.9 Å².